The highest BCUT2D eigenvalue weighted by Crippen LogP contribution is 2.27. The largest absolute Gasteiger partial charge is 0.481 e. The summed E-state index contributed by atoms with van der Waals surface area (Å²) >= 11 is 0. The molecule has 0 radical (unpaired) electrons. The third-order valence-corrected chi connectivity index (χ3v) is 3.25. The number of carboxylic acid groups (broad SMARTS) is 1. The summed E-state index contributed by atoms with van der Waals surface area (Å²) in [6.07, 6.45) is 1.56. The Labute approximate surface area is 112 Å². The van der Waals surface area contributed by atoms with Crippen LogP contribution in [0.1, 0.15) is 30.3 Å². The maximum atomic E-state index is 10.7. The molecule has 2 aromatic rings. The number of benzene rings is 1. The number of aromatic nitrogens is 2. The van der Waals surface area contributed by atoms with Gasteiger partial charge in [-0.1, -0.05) is 31.2 Å². The number of aryl methyl sites for hydroxylation is 3. The molecule has 2 N–H and O–H groups in total. The summed E-state index contributed by atoms with van der Waals surface area (Å²) in [6, 6.07) is 8.34. The zero-order chi connectivity index (χ0) is 13.8. The van der Waals surface area contributed by atoms with Crippen molar-refractivity contribution < 1.29 is 9.90 Å². The van der Waals surface area contributed by atoms with E-state index >= 15 is 0 Å². The van der Waals surface area contributed by atoms with Gasteiger partial charge in [0.05, 0.1) is 12.1 Å². The summed E-state index contributed by atoms with van der Waals surface area (Å²) in [5.41, 5.74) is 5.21. The molecule has 1 heterocycles. The zero-order valence-electron chi connectivity index (χ0n) is 11.2. The fourth-order valence-electron chi connectivity index (χ4n) is 2.18. The fourth-order valence-corrected chi connectivity index (χ4v) is 2.18. The summed E-state index contributed by atoms with van der Waals surface area (Å²) in [6.45, 7) is 4.08. The van der Waals surface area contributed by atoms with E-state index in [1.807, 2.05) is 6.92 Å². The minimum absolute atomic E-state index is 0.102. The Balaban J connectivity index is 2.31. The lowest BCUT2D eigenvalue weighted by Gasteiger charge is -2.05. The van der Waals surface area contributed by atoms with Crippen LogP contribution in [0.3, 0.4) is 0 Å². The zero-order valence-corrected chi connectivity index (χ0v) is 11.2. The molecule has 4 heteroatoms. The second-order valence-corrected chi connectivity index (χ2v) is 4.61. The van der Waals surface area contributed by atoms with Crippen LogP contribution in [-0.4, -0.2) is 21.3 Å². The first-order valence-electron chi connectivity index (χ1n) is 6.46. The van der Waals surface area contributed by atoms with Crippen molar-refractivity contribution in [1.29, 1.82) is 0 Å². The summed E-state index contributed by atoms with van der Waals surface area (Å²) < 4.78 is 0. The molecule has 100 valence electrons. The van der Waals surface area contributed by atoms with Gasteiger partial charge in [0, 0.05) is 17.7 Å². The number of hydrogen-bond donors (Lipinski definition) is 2. The smallest absolute Gasteiger partial charge is 0.303 e. The van der Waals surface area contributed by atoms with E-state index in [2.05, 4.69) is 41.4 Å². The highest BCUT2D eigenvalue weighted by molar-refractivity contribution is 5.71. The average molecular weight is 258 g/mol. The van der Waals surface area contributed by atoms with E-state index < -0.39 is 5.97 Å². The molecule has 0 amide bonds. The molecule has 0 spiro atoms. The van der Waals surface area contributed by atoms with Gasteiger partial charge in [-0.2, -0.15) is 5.10 Å². The topological polar surface area (TPSA) is 66.0 Å². The van der Waals surface area contributed by atoms with Crippen molar-refractivity contribution in [1.82, 2.24) is 10.2 Å². The van der Waals surface area contributed by atoms with Gasteiger partial charge in [0.2, 0.25) is 0 Å². The molecular formula is C15H18N2O2. The number of aliphatic carboxylic acids is 1. The monoisotopic (exact) mass is 258 g/mol. The molecule has 0 aliphatic carbocycles. The minimum atomic E-state index is -0.798. The number of carboxylic acids is 1. The molecule has 0 unspecified atom stereocenters. The SMILES string of the molecule is CCc1ccc(-c2c(CCC(=O)O)n[nH]c2C)cc1. The second-order valence-electron chi connectivity index (χ2n) is 4.61. The van der Waals surface area contributed by atoms with E-state index in [1.54, 1.807) is 0 Å². The number of nitrogens with one attached hydrogen (secondary N) is 1. The van der Waals surface area contributed by atoms with Crippen LogP contribution in [0.15, 0.2) is 24.3 Å². The third-order valence-electron chi connectivity index (χ3n) is 3.25. The van der Waals surface area contributed by atoms with Crippen molar-refractivity contribution in [3.63, 3.8) is 0 Å². The van der Waals surface area contributed by atoms with Gasteiger partial charge in [0.1, 0.15) is 0 Å². The van der Waals surface area contributed by atoms with Crippen LogP contribution in [-0.2, 0) is 17.6 Å². The van der Waals surface area contributed by atoms with Gasteiger partial charge in [-0.25, -0.2) is 0 Å². The van der Waals surface area contributed by atoms with Crippen LogP contribution in [0.4, 0.5) is 0 Å². The van der Waals surface area contributed by atoms with Crippen molar-refractivity contribution in [3.8, 4) is 11.1 Å². The lowest BCUT2D eigenvalue weighted by atomic mass is 9.99. The Hall–Kier alpha value is -2.10. The Morgan fingerprint density at radius 3 is 2.58 bits per heavy atom. The molecule has 0 atom stereocenters. The molecule has 1 aromatic carbocycles. The van der Waals surface area contributed by atoms with E-state index in [-0.39, 0.29) is 6.42 Å². The quantitative estimate of drug-likeness (QED) is 0.866. The predicted octanol–water partition coefficient (Wildman–Crippen LogP) is 2.96. The maximum Gasteiger partial charge on any atom is 0.303 e. The Morgan fingerprint density at radius 1 is 1.32 bits per heavy atom. The van der Waals surface area contributed by atoms with Gasteiger partial charge in [-0.15, -0.1) is 0 Å². The molecule has 0 saturated heterocycles. The molecule has 0 saturated carbocycles. The molecule has 0 fully saturated rings. The number of hydrogen-bond acceptors (Lipinski definition) is 2. The van der Waals surface area contributed by atoms with Crippen molar-refractivity contribution >= 4 is 5.97 Å². The summed E-state index contributed by atoms with van der Waals surface area (Å²) in [5.74, 6) is -0.798. The number of H-pyrrole nitrogens is 1. The van der Waals surface area contributed by atoms with Crippen LogP contribution in [0.5, 0.6) is 0 Å². The van der Waals surface area contributed by atoms with Gasteiger partial charge >= 0.3 is 5.97 Å². The minimum Gasteiger partial charge on any atom is -0.481 e. The molecule has 2 rings (SSSR count). The van der Waals surface area contributed by atoms with Gasteiger partial charge in [-0.05, 0) is 24.5 Å². The lowest BCUT2D eigenvalue weighted by molar-refractivity contribution is -0.136. The molecule has 1 aromatic heterocycles. The number of carbonyl (C=O) groups is 1. The molecule has 0 aliphatic rings. The number of aromatic amines is 1. The first kappa shape index (κ1) is 13.3. The van der Waals surface area contributed by atoms with E-state index in [9.17, 15) is 4.79 Å². The lowest BCUT2D eigenvalue weighted by Crippen LogP contribution is -1.99. The van der Waals surface area contributed by atoms with E-state index in [0.29, 0.717) is 6.42 Å². The molecular weight excluding hydrogens is 240 g/mol. The van der Waals surface area contributed by atoms with Gasteiger partial charge in [0.25, 0.3) is 0 Å². The van der Waals surface area contributed by atoms with Crippen LogP contribution >= 0.6 is 0 Å². The normalized spacial score (nSPS) is 10.6. The third kappa shape index (κ3) is 3.02. The molecule has 0 aliphatic heterocycles. The molecule has 19 heavy (non-hydrogen) atoms. The van der Waals surface area contributed by atoms with Gasteiger partial charge < -0.3 is 5.11 Å². The first-order chi connectivity index (χ1) is 9.11. The van der Waals surface area contributed by atoms with Crippen molar-refractivity contribution in [2.75, 3.05) is 0 Å². The van der Waals surface area contributed by atoms with Gasteiger partial charge in [0.15, 0.2) is 0 Å². The highest BCUT2D eigenvalue weighted by atomic mass is 16.4. The maximum absolute atomic E-state index is 10.7. The van der Waals surface area contributed by atoms with E-state index in [0.717, 1.165) is 28.9 Å². The Kier molecular flexibility index (Phi) is 4.00. The fraction of sp³-hybridized carbons (Fsp3) is 0.333. The van der Waals surface area contributed by atoms with Crippen molar-refractivity contribution in [2.45, 2.75) is 33.1 Å². The first-order valence-corrected chi connectivity index (χ1v) is 6.46. The predicted molar refractivity (Wildman–Crippen MR) is 74.1 cm³/mol. The molecule has 4 nitrogen and oxygen atoms in total. The van der Waals surface area contributed by atoms with Crippen molar-refractivity contribution in [2.24, 2.45) is 0 Å². The van der Waals surface area contributed by atoms with E-state index in [1.165, 1.54) is 5.56 Å². The highest BCUT2D eigenvalue weighted by Gasteiger charge is 2.13. The number of nitrogens with zero attached hydrogens (tertiary/aromatic N) is 1. The van der Waals surface area contributed by atoms with Crippen LogP contribution in [0.2, 0.25) is 0 Å². The average Bonchev–Trinajstić information content (AvgIpc) is 2.78. The standard InChI is InChI=1S/C15H18N2O2/c1-3-11-4-6-12(7-5-11)15-10(2)16-17-13(15)8-9-14(18)19/h4-7H,3,8-9H2,1-2H3,(H,16,17)(H,18,19). The van der Waals surface area contributed by atoms with Crippen LogP contribution < -0.4 is 0 Å². The Morgan fingerprint density at radius 2 is 2.00 bits per heavy atom. The summed E-state index contributed by atoms with van der Waals surface area (Å²) in [4.78, 5) is 10.7. The second kappa shape index (κ2) is 5.69. The summed E-state index contributed by atoms with van der Waals surface area (Å²) in [7, 11) is 0. The van der Waals surface area contributed by atoms with Crippen molar-refractivity contribution in [3.05, 3.63) is 41.2 Å². The Bertz CT molecular complexity index is 570. The van der Waals surface area contributed by atoms with E-state index in [4.69, 9.17) is 5.11 Å². The van der Waals surface area contributed by atoms with Crippen LogP contribution in [0, 0.1) is 6.92 Å². The van der Waals surface area contributed by atoms with Gasteiger partial charge in [-0.3, -0.25) is 9.89 Å². The number of rotatable bonds is 5. The molecule has 0 bridgehead atoms. The summed E-state index contributed by atoms with van der Waals surface area (Å²) in [5, 5.41) is 15.9. The van der Waals surface area contributed by atoms with Crippen LogP contribution in [0.25, 0.3) is 11.1 Å².